The van der Waals surface area contributed by atoms with Crippen molar-refractivity contribution in [1.29, 1.82) is 5.26 Å². The maximum atomic E-state index is 12.2. The van der Waals surface area contributed by atoms with Crippen LogP contribution in [0.5, 0.6) is 0 Å². The molecule has 25 heavy (non-hydrogen) atoms. The summed E-state index contributed by atoms with van der Waals surface area (Å²) in [6, 6.07) is 22.2. The summed E-state index contributed by atoms with van der Waals surface area (Å²) in [7, 11) is 0. The molecule has 4 nitrogen and oxygen atoms in total. The molecular weight excluding hydrogens is 312 g/mol. The van der Waals surface area contributed by atoms with Gasteiger partial charge in [-0.25, -0.2) is 4.79 Å². The molecule has 0 radical (unpaired) electrons. The van der Waals surface area contributed by atoms with Gasteiger partial charge in [-0.1, -0.05) is 60.7 Å². The number of likely N-dealkylation sites (tertiary alicyclic amines) is 1. The second-order valence-electron chi connectivity index (χ2n) is 7.31. The van der Waals surface area contributed by atoms with Crippen molar-refractivity contribution >= 4 is 6.09 Å². The van der Waals surface area contributed by atoms with Crippen molar-refractivity contribution in [3.63, 3.8) is 0 Å². The quantitative estimate of drug-likeness (QED) is 0.857. The molecule has 1 saturated carbocycles. The first-order chi connectivity index (χ1) is 12.1. The Morgan fingerprint density at radius 2 is 1.64 bits per heavy atom. The molecule has 0 atom stereocenters. The third-order valence-corrected chi connectivity index (χ3v) is 5.41. The first-order valence-corrected chi connectivity index (χ1v) is 8.57. The van der Waals surface area contributed by atoms with Crippen LogP contribution in [-0.2, 0) is 16.8 Å². The van der Waals surface area contributed by atoms with Crippen LogP contribution in [0.1, 0.15) is 24.0 Å². The number of carbonyl (C=O) groups is 1. The highest BCUT2D eigenvalue weighted by atomic mass is 16.6. The van der Waals surface area contributed by atoms with Gasteiger partial charge in [0.2, 0.25) is 0 Å². The largest absolute Gasteiger partial charge is 0.445 e. The van der Waals surface area contributed by atoms with Crippen LogP contribution in [0.3, 0.4) is 0 Å². The summed E-state index contributed by atoms with van der Waals surface area (Å²) in [5.74, 6) is 0. The van der Waals surface area contributed by atoms with Gasteiger partial charge >= 0.3 is 6.09 Å². The molecule has 1 aliphatic heterocycles. The summed E-state index contributed by atoms with van der Waals surface area (Å²) < 4.78 is 5.38. The number of ether oxygens (including phenoxy) is 1. The molecule has 0 bridgehead atoms. The molecular formula is C21H20N2O2. The topological polar surface area (TPSA) is 53.3 Å². The van der Waals surface area contributed by atoms with Gasteiger partial charge in [-0.05, 0) is 24.0 Å². The number of amides is 1. The summed E-state index contributed by atoms with van der Waals surface area (Å²) >= 11 is 0. The fourth-order valence-electron chi connectivity index (χ4n) is 4.26. The zero-order chi connectivity index (χ0) is 17.3. The number of nitriles is 1. The molecule has 4 heteroatoms. The Morgan fingerprint density at radius 3 is 2.24 bits per heavy atom. The van der Waals surface area contributed by atoms with Crippen molar-refractivity contribution in [3.8, 4) is 6.07 Å². The Morgan fingerprint density at radius 1 is 1.04 bits per heavy atom. The van der Waals surface area contributed by atoms with Crippen molar-refractivity contribution in [3.05, 3.63) is 71.8 Å². The molecule has 2 aromatic rings. The normalized spacial score (nSPS) is 19.4. The summed E-state index contributed by atoms with van der Waals surface area (Å²) in [5.41, 5.74) is 1.79. The van der Waals surface area contributed by atoms with E-state index >= 15 is 0 Å². The molecule has 1 spiro atoms. The molecule has 0 N–H and O–H groups in total. The average Bonchev–Trinajstić information content (AvgIpc) is 2.60. The van der Waals surface area contributed by atoms with Gasteiger partial charge in [-0.3, -0.25) is 0 Å². The van der Waals surface area contributed by atoms with E-state index in [9.17, 15) is 10.1 Å². The smallest absolute Gasteiger partial charge is 0.410 e. The standard InChI is InChI=1S/C21H20N2O2/c22-14-21(18-9-5-2-6-10-18)12-20(13-21)15-23(16-20)19(24)25-11-17-7-3-1-4-8-17/h1-10H,11-13,15-16H2. The van der Waals surface area contributed by atoms with Gasteiger partial charge < -0.3 is 9.64 Å². The van der Waals surface area contributed by atoms with Crippen LogP contribution >= 0.6 is 0 Å². The van der Waals surface area contributed by atoms with Crippen LogP contribution < -0.4 is 0 Å². The third kappa shape index (κ3) is 2.76. The van der Waals surface area contributed by atoms with Crippen LogP contribution in [0, 0.1) is 16.7 Å². The Labute approximate surface area is 147 Å². The number of nitrogens with zero attached hydrogens (tertiary/aromatic N) is 2. The van der Waals surface area contributed by atoms with Crippen molar-refractivity contribution in [2.45, 2.75) is 24.9 Å². The lowest BCUT2D eigenvalue weighted by atomic mass is 9.48. The van der Waals surface area contributed by atoms with E-state index in [-0.39, 0.29) is 16.9 Å². The molecule has 0 aromatic heterocycles. The molecule has 2 fully saturated rings. The van der Waals surface area contributed by atoms with Gasteiger partial charge in [-0.15, -0.1) is 0 Å². The van der Waals surface area contributed by atoms with E-state index in [4.69, 9.17) is 4.74 Å². The minimum Gasteiger partial charge on any atom is -0.445 e. The fourth-order valence-corrected chi connectivity index (χ4v) is 4.26. The first kappa shape index (κ1) is 15.7. The zero-order valence-corrected chi connectivity index (χ0v) is 14.0. The predicted molar refractivity (Wildman–Crippen MR) is 93.6 cm³/mol. The highest BCUT2D eigenvalue weighted by Crippen LogP contribution is 2.59. The second-order valence-corrected chi connectivity index (χ2v) is 7.31. The van der Waals surface area contributed by atoms with Crippen molar-refractivity contribution in [1.82, 2.24) is 4.90 Å². The van der Waals surface area contributed by atoms with Gasteiger partial charge in [0.05, 0.1) is 11.5 Å². The van der Waals surface area contributed by atoms with Gasteiger partial charge in [0, 0.05) is 18.5 Å². The summed E-state index contributed by atoms with van der Waals surface area (Å²) in [6.07, 6.45) is 1.38. The lowest BCUT2D eigenvalue weighted by Crippen LogP contribution is -2.67. The minimum absolute atomic E-state index is 0.0946. The maximum absolute atomic E-state index is 12.2. The highest BCUT2D eigenvalue weighted by Gasteiger charge is 2.62. The zero-order valence-electron chi connectivity index (χ0n) is 14.0. The number of carbonyl (C=O) groups excluding carboxylic acids is 1. The van der Waals surface area contributed by atoms with E-state index in [2.05, 4.69) is 6.07 Å². The molecule has 0 unspecified atom stereocenters. The molecule has 1 saturated heterocycles. The number of hydrogen-bond donors (Lipinski definition) is 0. The molecule has 4 rings (SSSR count). The monoisotopic (exact) mass is 332 g/mol. The van der Waals surface area contributed by atoms with Gasteiger partial charge in [0.15, 0.2) is 0 Å². The number of benzene rings is 2. The van der Waals surface area contributed by atoms with Gasteiger partial charge in [0.25, 0.3) is 0 Å². The van der Waals surface area contributed by atoms with Crippen LogP contribution in [0.25, 0.3) is 0 Å². The summed E-state index contributed by atoms with van der Waals surface area (Å²) in [6.45, 7) is 1.68. The molecule has 1 aliphatic carbocycles. The Balaban J connectivity index is 1.31. The SMILES string of the molecule is N#CC1(c2ccccc2)CC2(CN(C(=O)OCc3ccccc3)C2)C1. The van der Waals surface area contributed by atoms with Crippen LogP contribution in [0.4, 0.5) is 4.79 Å². The molecule has 2 aliphatic rings. The van der Waals surface area contributed by atoms with Crippen LogP contribution in [-0.4, -0.2) is 24.1 Å². The lowest BCUT2D eigenvalue weighted by Gasteiger charge is -2.61. The van der Waals surface area contributed by atoms with E-state index in [1.54, 1.807) is 4.90 Å². The fraction of sp³-hybridized carbons (Fsp3) is 0.333. The third-order valence-electron chi connectivity index (χ3n) is 5.41. The lowest BCUT2D eigenvalue weighted by molar-refractivity contribution is -0.0845. The maximum Gasteiger partial charge on any atom is 0.410 e. The summed E-state index contributed by atoms with van der Waals surface area (Å²) in [5, 5.41) is 9.67. The molecule has 126 valence electrons. The molecule has 1 amide bonds. The van der Waals surface area contributed by atoms with E-state index in [1.165, 1.54) is 0 Å². The number of hydrogen-bond acceptors (Lipinski definition) is 3. The second kappa shape index (κ2) is 5.93. The summed E-state index contributed by atoms with van der Waals surface area (Å²) in [4.78, 5) is 13.9. The predicted octanol–water partition coefficient (Wildman–Crippen LogP) is 3.88. The van der Waals surface area contributed by atoms with Crippen LogP contribution in [0.15, 0.2) is 60.7 Å². The highest BCUT2D eigenvalue weighted by molar-refractivity contribution is 5.69. The Bertz CT molecular complexity index is 797. The van der Waals surface area contributed by atoms with E-state index in [1.807, 2.05) is 60.7 Å². The van der Waals surface area contributed by atoms with Gasteiger partial charge in [-0.2, -0.15) is 5.26 Å². The molecule has 1 heterocycles. The minimum atomic E-state index is -0.388. The van der Waals surface area contributed by atoms with E-state index in [0.717, 1.165) is 24.0 Å². The average molecular weight is 332 g/mol. The first-order valence-electron chi connectivity index (χ1n) is 8.57. The van der Waals surface area contributed by atoms with Crippen molar-refractivity contribution in [2.75, 3.05) is 13.1 Å². The Kier molecular flexibility index (Phi) is 3.73. The van der Waals surface area contributed by atoms with Crippen LogP contribution in [0.2, 0.25) is 0 Å². The van der Waals surface area contributed by atoms with E-state index < -0.39 is 0 Å². The van der Waals surface area contributed by atoms with Crippen molar-refractivity contribution < 1.29 is 9.53 Å². The van der Waals surface area contributed by atoms with Crippen molar-refractivity contribution in [2.24, 2.45) is 5.41 Å². The molecule has 2 aromatic carbocycles. The van der Waals surface area contributed by atoms with Gasteiger partial charge in [0.1, 0.15) is 6.61 Å². The Hall–Kier alpha value is -2.80. The number of rotatable bonds is 3. The van der Waals surface area contributed by atoms with E-state index in [0.29, 0.717) is 19.7 Å².